The smallest absolute Gasteiger partial charge is 0.321 e. The summed E-state index contributed by atoms with van der Waals surface area (Å²) in [7, 11) is 0. The highest BCUT2D eigenvalue weighted by Crippen LogP contribution is 2.21. The minimum Gasteiger partial charge on any atom is -0.321 e. The van der Waals surface area contributed by atoms with Crippen molar-refractivity contribution in [3.05, 3.63) is 30.1 Å². The molecule has 0 aromatic heterocycles. The van der Waals surface area contributed by atoms with Gasteiger partial charge in [-0.15, -0.1) is 0 Å². The van der Waals surface area contributed by atoms with Crippen LogP contribution < -0.4 is 5.32 Å². The Balaban J connectivity index is 1.48. The lowest BCUT2D eigenvalue weighted by Crippen LogP contribution is -2.61. The van der Waals surface area contributed by atoms with Crippen molar-refractivity contribution in [1.82, 2.24) is 9.80 Å². The summed E-state index contributed by atoms with van der Waals surface area (Å²) in [6.45, 7) is 3.93. The number of anilines is 1. The van der Waals surface area contributed by atoms with E-state index in [1.807, 2.05) is 0 Å². The van der Waals surface area contributed by atoms with Gasteiger partial charge in [0.25, 0.3) is 0 Å². The zero-order chi connectivity index (χ0) is 13.2. The third-order valence-corrected chi connectivity index (χ3v) is 3.90. The van der Waals surface area contributed by atoms with Crippen molar-refractivity contribution in [3.8, 4) is 0 Å². The quantitative estimate of drug-likeness (QED) is 0.887. The summed E-state index contributed by atoms with van der Waals surface area (Å²) in [5.41, 5.74) is 0.635. The first-order valence-electron chi connectivity index (χ1n) is 6.78. The summed E-state index contributed by atoms with van der Waals surface area (Å²) in [4.78, 5) is 16.2. The van der Waals surface area contributed by atoms with Gasteiger partial charge in [0.1, 0.15) is 5.82 Å². The van der Waals surface area contributed by atoms with Crippen LogP contribution in [0.2, 0.25) is 0 Å². The van der Waals surface area contributed by atoms with Crippen LogP contribution in [-0.4, -0.2) is 48.1 Å². The molecule has 4 nitrogen and oxygen atoms in total. The van der Waals surface area contributed by atoms with Gasteiger partial charge >= 0.3 is 6.03 Å². The molecular weight excluding hydrogens is 245 g/mol. The Labute approximate surface area is 112 Å². The number of nitrogens with one attached hydrogen (secondary N) is 1. The second kappa shape index (κ2) is 5.17. The molecule has 5 heteroatoms. The van der Waals surface area contributed by atoms with E-state index in [1.165, 1.54) is 25.0 Å². The van der Waals surface area contributed by atoms with Gasteiger partial charge in [0.2, 0.25) is 0 Å². The minimum atomic E-state index is -0.295. The Morgan fingerprint density at radius 2 is 1.79 bits per heavy atom. The van der Waals surface area contributed by atoms with E-state index in [1.54, 1.807) is 17.0 Å². The topological polar surface area (TPSA) is 35.6 Å². The maximum absolute atomic E-state index is 12.8. The SMILES string of the molecule is O=C(Nc1ccc(F)cc1)N1CC(N2CCCC2)C1. The van der Waals surface area contributed by atoms with E-state index in [0.29, 0.717) is 11.7 Å². The Hall–Kier alpha value is -1.62. The normalized spacial score (nSPS) is 20.4. The van der Waals surface area contributed by atoms with Gasteiger partial charge in [0.15, 0.2) is 0 Å². The molecule has 2 saturated heterocycles. The Morgan fingerprint density at radius 1 is 1.16 bits per heavy atom. The fourth-order valence-electron chi connectivity index (χ4n) is 2.69. The number of rotatable bonds is 2. The lowest BCUT2D eigenvalue weighted by atomic mass is 10.1. The molecule has 2 fully saturated rings. The van der Waals surface area contributed by atoms with Crippen molar-refractivity contribution in [1.29, 1.82) is 0 Å². The number of nitrogens with zero attached hydrogens (tertiary/aromatic N) is 2. The monoisotopic (exact) mass is 263 g/mol. The zero-order valence-electron chi connectivity index (χ0n) is 10.8. The standard InChI is InChI=1S/C14H18FN3O/c15-11-3-5-12(6-4-11)16-14(19)18-9-13(10-18)17-7-1-2-8-17/h3-6,13H,1-2,7-10H2,(H,16,19). The van der Waals surface area contributed by atoms with Gasteiger partial charge in [-0.2, -0.15) is 0 Å². The van der Waals surface area contributed by atoms with Crippen molar-refractivity contribution in [2.45, 2.75) is 18.9 Å². The van der Waals surface area contributed by atoms with Crippen LogP contribution in [0.4, 0.5) is 14.9 Å². The second-order valence-corrected chi connectivity index (χ2v) is 5.24. The number of carbonyl (C=O) groups is 1. The summed E-state index contributed by atoms with van der Waals surface area (Å²) < 4.78 is 12.8. The van der Waals surface area contributed by atoms with Gasteiger partial charge in [-0.1, -0.05) is 0 Å². The molecule has 0 saturated carbocycles. The van der Waals surface area contributed by atoms with Crippen molar-refractivity contribution in [2.75, 3.05) is 31.5 Å². The maximum Gasteiger partial charge on any atom is 0.321 e. The first kappa shape index (κ1) is 12.4. The van der Waals surface area contributed by atoms with Crippen LogP contribution >= 0.6 is 0 Å². The number of carbonyl (C=O) groups excluding carboxylic acids is 1. The number of hydrogen-bond acceptors (Lipinski definition) is 2. The van der Waals surface area contributed by atoms with E-state index in [2.05, 4.69) is 10.2 Å². The molecule has 0 aliphatic carbocycles. The van der Waals surface area contributed by atoms with Crippen LogP contribution in [0, 0.1) is 5.82 Å². The molecule has 0 unspecified atom stereocenters. The molecule has 3 rings (SSSR count). The van der Waals surface area contributed by atoms with E-state index in [9.17, 15) is 9.18 Å². The molecule has 2 aliphatic rings. The van der Waals surface area contributed by atoms with E-state index in [-0.39, 0.29) is 11.8 Å². The molecule has 0 atom stereocenters. The molecule has 102 valence electrons. The van der Waals surface area contributed by atoms with Gasteiger partial charge in [-0.05, 0) is 50.2 Å². The van der Waals surface area contributed by atoms with Crippen LogP contribution in [0.15, 0.2) is 24.3 Å². The molecule has 1 aromatic carbocycles. The van der Waals surface area contributed by atoms with Gasteiger partial charge in [0, 0.05) is 24.8 Å². The highest BCUT2D eigenvalue weighted by atomic mass is 19.1. The predicted octanol–water partition coefficient (Wildman–Crippen LogP) is 2.14. The van der Waals surface area contributed by atoms with E-state index >= 15 is 0 Å². The summed E-state index contributed by atoms with van der Waals surface area (Å²) >= 11 is 0. The minimum absolute atomic E-state index is 0.0953. The van der Waals surface area contributed by atoms with Crippen molar-refractivity contribution in [3.63, 3.8) is 0 Å². The highest BCUT2D eigenvalue weighted by Gasteiger charge is 2.35. The zero-order valence-corrected chi connectivity index (χ0v) is 10.8. The lowest BCUT2D eigenvalue weighted by Gasteiger charge is -2.43. The number of halogens is 1. The third-order valence-electron chi connectivity index (χ3n) is 3.90. The van der Waals surface area contributed by atoms with Crippen LogP contribution in [0.25, 0.3) is 0 Å². The van der Waals surface area contributed by atoms with Gasteiger partial charge in [-0.3, -0.25) is 4.90 Å². The van der Waals surface area contributed by atoms with Crippen molar-refractivity contribution < 1.29 is 9.18 Å². The largest absolute Gasteiger partial charge is 0.321 e. The van der Waals surface area contributed by atoms with Crippen LogP contribution in [0.1, 0.15) is 12.8 Å². The predicted molar refractivity (Wildman–Crippen MR) is 71.6 cm³/mol. The van der Waals surface area contributed by atoms with Crippen molar-refractivity contribution >= 4 is 11.7 Å². The molecule has 0 radical (unpaired) electrons. The fraction of sp³-hybridized carbons (Fsp3) is 0.500. The Kier molecular flexibility index (Phi) is 3.38. The summed E-state index contributed by atoms with van der Waals surface area (Å²) in [5.74, 6) is -0.295. The fourth-order valence-corrected chi connectivity index (χ4v) is 2.69. The van der Waals surface area contributed by atoms with E-state index in [4.69, 9.17) is 0 Å². The highest BCUT2D eigenvalue weighted by molar-refractivity contribution is 5.89. The van der Waals surface area contributed by atoms with E-state index in [0.717, 1.165) is 26.2 Å². The number of benzene rings is 1. The number of hydrogen-bond donors (Lipinski definition) is 1. The summed E-state index contributed by atoms with van der Waals surface area (Å²) in [6, 6.07) is 6.27. The number of urea groups is 1. The Morgan fingerprint density at radius 3 is 2.42 bits per heavy atom. The van der Waals surface area contributed by atoms with Crippen LogP contribution in [0.3, 0.4) is 0 Å². The first-order chi connectivity index (χ1) is 9.22. The summed E-state index contributed by atoms with van der Waals surface area (Å²) in [5, 5.41) is 2.78. The Bertz CT molecular complexity index is 450. The van der Waals surface area contributed by atoms with Gasteiger partial charge in [0.05, 0.1) is 0 Å². The van der Waals surface area contributed by atoms with Gasteiger partial charge in [-0.25, -0.2) is 9.18 Å². The number of likely N-dealkylation sites (tertiary alicyclic amines) is 2. The molecule has 19 heavy (non-hydrogen) atoms. The van der Waals surface area contributed by atoms with Gasteiger partial charge < -0.3 is 10.2 Å². The second-order valence-electron chi connectivity index (χ2n) is 5.24. The van der Waals surface area contributed by atoms with Crippen LogP contribution in [-0.2, 0) is 0 Å². The summed E-state index contributed by atoms with van der Waals surface area (Å²) in [6.07, 6.45) is 2.55. The first-order valence-corrected chi connectivity index (χ1v) is 6.78. The van der Waals surface area contributed by atoms with Crippen molar-refractivity contribution in [2.24, 2.45) is 0 Å². The number of amides is 2. The maximum atomic E-state index is 12.8. The lowest BCUT2D eigenvalue weighted by molar-refractivity contribution is 0.0776. The average Bonchev–Trinajstić information content (AvgIpc) is 2.84. The third kappa shape index (κ3) is 2.71. The molecule has 0 bridgehead atoms. The molecule has 0 spiro atoms. The molecule has 2 amide bonds. The van der Waals surface area contributed by atoms with Crippen LogP contribution in [0.5, 0.6) is 0 Å². The molecule has 2 heterocycles. The molecule has 1 aromatic rings. The molecule has 2 aliphatic heterocycles. The molecular formula is C14H18FN3O. The molecule has 1 N–H and O–H groups in total. The average molecular weight is 263 g/mol. The van der Waals surface area contributed by atoms with E-state index < -0.39 is 0 Å².